The Morgan fingerprint density at radius 3 is 2.57 bits per heavy atom. The molecule has 0 amide bonds. The molecule has 1 aromatic carbocycles. The van der Waals surface area contributed by atoms with Crippen LogP contribution in [-0.4, -0.2) is 44.1 Å². The van der Waals surface area contributed by atoms with Gasteiger partial charge in [-0.1, -0.05) is 18.2 Å². The Hall–Kier alpha value is -1.19. The molecule has 28 heavy (non-hydrogen) atoms. The number of thiophene rings is 1. The zero-order chi connectivity index (χ0) is 18.9. The highest BCUT2D eigenvalue weighted by molar-refractivity contribution is 14.0. The molecular weight excluding hydrogens is 486 g/mol. The van der Waals surface area contributed by atoms with E-state index in [9.17, 15) is 4.39 Å². The van der Waals surface area contributed by atoms with Crippen LogP contribution in [0.1, 0.15) is 23.3 Å². The van der Waals surface area contributed by atoms with Gasteiger partial charge in [0.1, 0.15) is 5.82 Å². The van der Waals surface area contributed by atoms with Gasteiger partial charge in [0.15, 0.2) is 5.96 Å². The van der Waals surface area contributed by atoms with E-state index in [0.29, 0.717) is 5.92 Å². The van der Waals surface area contributed by atoms with Gasteiger partial charge < -0.3 is 10.6 Å². The molecule has 0 saturated carbocycles. The van der Waals surface area contributed by atoms with Gasteiger partial charge in [0.2, 0.25) is 0 Å². The topological polar surface area (TPSA) is 39.7 Å². The fourth-order valence-electron chi connectivity index (χ4n) is 3.41. The van der Waals surface area contributed by atoms with Crippen LogP contribution >= 0.6 is 35.3 Å². The molecule has 2 aromatic rings. The van der Waals surface area contributed by atoms with E-state index in [1.54, 1.807) is 7.05 Å². The van der Waals surface area contributed by atoms with E-state index in [2.05, 4.69) is 38.0 Å². The number of nitrogens with one attached hydrogen (secondary N) is 2. The van der Waals surface area contributed by atoms with Crippen LogP contribution in [0.3, 0.4) is 0 Å². The predicted molar refractivity (Wildman–Crippen MR) is 127 cm³/mol. The summed E-state index contributed by atoms with van der Waals surface area (Å²) < 4.78 is 12.9. The molecule has 1 fully saturated rings. The van der Waals surface area contributed by atoms with E-state index in [1.165, 1.54) is 42.9 Å². The number of rotatable bonds is 7. The molecule has 4 nitrogen and oxygen atoms in total. The minimum Gasteiger partial charge on any atom is -0.356 e. The molecule has 2 N–H and O–H groups in total. The van der Waals surface area contributed by atoms with Crippen molar-refractivity contribution in [3.05, 3.63) is 58.0 Å². The van der Waals surface area contributed by atoms with Crippen molar-refractivity contribution in [2.45, 2.75) is 25.8 Å². The van der Waals surface area contributed by atoms with Gasteiger partial charge in [-0.25, -0.2) is 4.39 Å². The van der Waals surface area contributed by atoms with Gasteiger partial charge in [-0.15, -0.1) is 35.3 Å². The SMILES string of the molecule is CN=C(NCCc1ccc(F)cc1)NCC1CCN(Cc2cccs2)CC1.I. The maximum Gasteiger partial charge on any atom is 0.190 e. The van der Waals surface area contributed by atoms with E-state index in [0.717, 1.165) is 37.6 Å². The fraction of sp³-hybridized carbons (Fsp3) is 0.476. The molecule has 0 aliphatic carbocycles. The molecule has 1 aliphatic rings. The standard InChI is InChI=1S/C21H29FN4S.HI/c1-23-21(24-11-8-17-4-6-19(22)7-5-17)25-15-18-9-12-26(13-10-18)16-20-3-2-14-27-20;/h2-7,14,18H,8-13,15-16H2,1H3,(H2,23,24,25);1H. The lowest BCUT2D eigenvalue weighted by Crippen LogP contribution is -2.43. The van der Waals surface area contributed by atoms with Crippen molar-refractivity contribution in [2.75, 3.05) is 33.2 Å². The average Bonchev–Trinajstić information content (AvgIpc) is 3.20. The van der Waals surface area contributed by atoms with Crippen molar-refractivity contribution in [2.24, 2.45) is 10.9 Å². The Morgan fingerprint density at radius 2 is 1.93 bits per heavy atom. The van der Waals surface area contributed by atoms with Crippen molar-refractivity contribution in [1.82, 2.24) is 15.5 Å². The summed E-state index contributed by atoms with van der Waals surface area (Å²) in [6.07, 6.45) is 3.30. The largest absolute Gasteiger partial charge is 0.356 e. The van der Waals surface area contributed by atoms with Crippen LogP contribution in [0.15, 0.2) is 46.8 Å². The number of nitrogens with zero attached hydrogens (tertiary/aromatic N) is 2. The summed E-state index contributed by atoms with van der Waals surface area (Å²) in [6.45, 7) is 5.17. The van der Waals surface area contributed by atoms with Gasteiger partial charge in [0, 0.05) is 31.6 Å². The number of piperidine rings is 1. The third kappa shape index (κ3) is 7.67. The van der Waals surface area contributed by atoms with Crippen LogP contribution in [0.25, 0.3) is 0 Å². The predicted octanol–water partition coefficient (Wildman–Crippen LogP) is 4.12. The van der Waals surface area contributed by atoms with E-state index in [-0.39, 0.29) is 29.8 Å². The molecule has 1 aliphatic heterocycles. The molecule has 0 spiro atoms. The van der Waals surface area contributed by atoms with Gasteiger partial charge in [-0.2, -0.15) is 0 Å². The minimum atomic E-state index is -0.189. The summed E-state index contributed by atoms with van der Waals surface area (Å²) in [7, 11) is 1.80. The van der Waals surface area contributed by atoms with Crippen molar-refractivity contribution < 1.29 is 4.39 Å². The van der Waals surface area contributed by atoms with Crippen LogP contribution in [-0.2, 0) is 13.0 Å². The number of hydrogen-bond acceptors (Lipinski definition) is 3. The van der Waals surface area contributed by atoms with Gasteiger partial charge in [-0.3, -0.25) is 9.89 Å². The normalized spacial score (nSPS) is 15.9. The van der Waals surface area contributed by atoms with Crippen molar-refractivity contribution in [3.8, 4) is 0 Å². The minimum absolute atomic E-state index is 0. The molecule has 1 aromatic heterocycles. The van der Waals surface area contributed by atoms with Crippen molar-refractivity contribution >= 4 is 41.3 Å². The van der Waals surface area contributed by atoms with Gasteiger partial charge in [0.05, 0.1) is 0 Å². The molecule has 0 unspecified atom stereocenters. The first-order valence-corrected chi connectivity index (χ1v) is 10.5. The number of halogens is 2. The molecule has 1 saturated heterocycles. The van der Waals surface area contributed by atoms with Crippen LogP contribution in [0.5, 0.6) is 0 Å². The second-order valence-corrected chi connectivity index (χ2v) is 8.09. The molecule has 0 bridgehead atoms. The Balaban J connectivity index is 0.00000280. The monoisotopic (exact) mass is 516 g/mol. The smallest absolute Gasteiger partial charge is 0.190 e. The van der Waals surface area contributed by atoms with E-state index < -0.39 is 0 Å². The molecular formula is C21H30FIN4S. The Morgan fingerprint density at radius 1 is 1.18 bits per heavy atom. The van der Waals surface area contributed by atoms with Crippen LogP contribution in [0.2, 0.25) is 0 Å². The first kappa shape index (κ1) is 23.1. The number of aliphatic imine (C=N–C) groups is 1. The summed E-state index contributed by atoms with van der Waals surface area (Å²) in [5.41, 5.74) is 1.12. The Labute approximate surface area is 188 Å². The van der Waals surface area contributed by atoms with Crippen molar-refractivity contribution in [3.63, 3.8) is 0 Å². The molecule has 0 radical (unpaired) electrons. The van der Waals surface area contributed by atoms with Gasteiger partial charge >= 0.3 is 0 Å². The first-order valence-electron chi connectivity index (χ1n) is 9.66. The zero-order valence-corrected chi connectivity index (χ0v) is 19.5. The second kappa shape index (κ2) is 12.4. The lowest BCUT2D eigenvalue weighted by atomic mass is 9.97. The third-order valence-corrected chi connectivity index (χ3v) is 5.93. The maximum atomic E-state index is 12.9. The molecule has 0 atom stereocenters. The molecule has 3 rings (SSSR count). The van der Waals surface area contributed by atoms with Crippen LogP contribution < -0.4 is 10.6 Å². The Kier molecular flexibility index (Phi) is 10.2. The number of benzene rings is 1. The zero-order valence-electron chi connectivity index (χ0n) is 16.4. The molecule has 2 heterocycles. The fourth-order valence-corrected chi connectivity index (χ4v) is 4.16. The highest BCUT2D eigenvalue weighted by atomic mass is 127. The van der Waals surface area contributed by atoms with E-state index in [1.807, 2.05) is 23.5 Å². The van der Waals surface area contributed by atoms with E-state index >= 15 is 0 Å². The summed E-state index contributed by atoms with van der Waals surface area (Å²) in [4.78, 5) is 8.32. The summed E-state index contributed by atoms with van der Waals surface area (Å²) in [6, 6.07) is 11.0. The number of likely N-dealkylation sites (tertiary alicyclic amines) is 1. The summed E-state index contributed by atoms with van der Waals surface area (Å²) in [5.74, 6) is 1.35. The number of guanidine groups is 1. The summed E-state index contributed by atoms with van der Waals surface area (Å²) >= 11 is 1.84. The van der Waals surface area contributed by atoms with E-state index in [4.69, 9.17) is 0 Å². The lowest BCUT2D eigenvalue weighted by Gasteiger charge is -2.32. The molecule has 154 valence electrons. The van der Waals surface area contributed by atoms with Crippen molar-refractivity contribution in [1.29, 1.82) is 0 Å². The van der Waals surface area contributed by atoms with Crippen LogP contribution in [0.4, 0.5) is 4.39 Å². The average molecular weight is 516 g/mol. The van der Waals surface area contributed by atoms with Gasteiger partial charge in [-0.05, 0) is 67.4 Å². The third-order valence-electron chi connectivity index (χ3n) is 5.07. The number of hydrogen-bond donors (Lipinski definition) is 2. The summed E-state index contributed by atoms with van der Waals surface area (Å²) in [5, 5.41) is 8.96. The van der Waals surface area contributed by atoms with Crippen LogP contribution in [0, 0.1) is 11.7 Å². The first-order chi connectivity index (χ1) is 13.2. The maximum absolute atomic E-state index is 12.9. The highest BCUT2D eigenvalue weighted by Gasteiger charge is 2.19. The Bertz CT molecular complexity index is 698. The highest BCUT2D eigenvalue weighted by Crippen LogP contribution is 2.20. The second-order valence-electron chi connectivity index (χ2n) is 7.06. The lowest BCUT2D eigenvalue weighted by molar-refractivity contribution is 0.179. The quantitative estimate of drug-likeness (QED) is 0.331. The molecule has 7 heteroatoms. The van der Waals surface area contributed by atoms with Gasteiger partial charge in [0.25, 0.3) is 0 Å².